The third-order valence-corrected chi connectivity index (χ3v) is 3.20. The summed E-state index contributed by atoms with van der Waals surface area (Å²) in [5, 5.41) is 6.55. The summed E-state index contributed by atoms with van der Waals surface area (Å²) in [6.45, 7) is 7.31. The lowest BCUT2D eigenvalue weighted by atomic mass is 9.99. The monoisotopic (exact) mass is 226 g/mol. The van der Waals surface area contributed by atoms with Gasteiger partial charge in [-0.25, -0.2) is 0 Å². The number of piperidine rings is 1. The van der Waals surface area contributed by atoms with Crippen molar-refractivity contribution in [2.24, 2.45) is 5.92 Å². The van der Waals surface area contributed by atoms with Crippen molar-refractivity contribution in [3.8, 4) is 0 Å². The third-order valence-electron chi connectivity index (χ3n) is 3.20. The van der Waals surface area contributed by atoms with Gasteiger partial charge in [-0.2, -0.15) is 0 Å². The van der Waals surface area contributed by atoms with Crippen LogP contribution in [-0.2, 0) is 4.79 Å². The zero-order valence-corrected chi connectivity index (χ0v) is 10.9. The third kappa shape index (κ3) is 5.50. The van der Waals surface area contributed by atoms with Gasteiger partial charge in [-0.15, -0.1) is 0 Å². The maximum Gasteiger partial charge on any atom is 0.220 e. The normalized spacial score (nSPS) is 25.8. The van der Waals surface area contributed by atoms with Crippen LogP contribution in [0.1, 0.15) is 52.9 Å². The molecule has 2 unspecified atom stereocenters. The number of carbonyl (C=O) groups excluding carboxylic acids is 1. The van der Waals surface area contributed by atoms with Gasteiger partial charge in [-0.05, 0) is 32.1 Å². The van der Waals surface area contributed by atoms with Crippen LogP contribution in [0.4, 0.5) is 0 Å². The summed E-state index contributed by atoms with van der Waals surface area (Å²) < 4.78 is 0. The molecule has 1 fully saturated rings. The van der Waals surface area contributed by atoms with E-state index in [0.29, 0.717) is 24.4 Å². The van der Waals surface area contributed by atoms with Crippen LogP contribution in [0.3, 0.4) is 0 Å². The predicted octanol–water partition coefficient (Wildman–Crippen LogP) is 2.07. The molecule has 0 spiro atoms. The number of hydrogen-bond acceptors (Lipinski definition) is 2. The molecule has 0 bridgehead atoms. The van der Waals surface area contributed by atoms with Crippen molar-refractivity contribution in [1.29, 1.82) is 0 Å². The highest BCUT2D eigenvalue weighted by Gasteiger charge is 2.17. The van der Waals surface area contributed by atoms with Gasteiger partial charge in [0, 0.05) is 25.0 Å². The van der Waals surface area contributed by atoms with Crippen molar-refractivity contribution < 1.29 is 4.79 Å². The van der Waals surface area contributed by atoms with Gasteiger partial charge in [0.2, 0.25) is 5.91 Å². The molecule has 1 aliphatic heterocycles. The lowest BCUT2D eigenvalue weighted by molar-refractivity contribution is -0.121. The summed E-state index contributed by atoms with van der Waals surface area (Å²) in [6, 6.07) is 1.08. The summed E-state index contributed by atoms with van der Waals surface area (Å²) in [7, 11) is 0. The van der Waals surface area contributed by atoms with Crippen LogP contribution in [0, 0.1) is 5.92 Å². The fourth-order valence-corrected chi connectivity index (χ4v) is 2.15. The van der Waals surface area contributed by atoms with Gasteiger partial charge in [-0.1, -0.05) is 20.3 Å². The molecule has 2 N–H and O–H groups in total. The second-order valence-corrected chi connectivity index (χ2v) is 5.43. The minimum Gasteiger partial charge on any atom is -0.355 e. The van der Waals surface area contributed by atoms with Crippen LogP contribution in [-0.4, -0.2) is 24.5 Å². The van der Waals surface area contributed by atoms with Gasteiger partial charge in [0.25, 0.3) is 0 Å². The Morgan fingerprint density at radius 1 is 1.44 bits per heavy atom. The molecule has 0 aromatic heterocycles. The van der Waals surface area contributed by atoms with Gasteiger partial charge < -0.3 is 10.6 Å². The van der Waals surface area contributed by atoms with E-state index in [1.165, 1.54) is 19.3 Å². The van der Waals surface area contributed by atoms with Crippen molar-refractivity contribution in [3.63, 3.8) is 0 Å². The average molecular weight is 226 g/mol. The molecule has 3 nitrogen and oxygen atoms in total. The SMILES string of the molecule is CC(C)CCC(=O)NCC1CCCC(C)N1. The molecule has 1 aliphatic rings. The summed E-state index contributed by atoms with van der Waals surface area (Å²) in [5.74, 6) is 0.812. The molecule has 1 saturated heterocycles. The maximum absolute atomic E-state index is 11.5. The highest BCUT2D eigenvalue weighted by molar-refractivity contribution is 5.75. The Hall–Kier alpha value is -0.570. The summed E-state index contributed by atoms with van der Waals surface area (Å²) in [6.07, 6.45) is 5.38. The van der Waals surface area contributed by atoms with E-state index in [1.54, 1.807) is 0 Å². The standard InChI is InChI=1S/C13H26N2O/c1-10(2)7-8-13(16)14-9-12-6-4-5-11(3)15-12/h10-12,15H,4-9H2,1-3H3,(H,14,16). The lowest BCUT2D eigenvalue weighted by Crippen LogP contribution is -2.47. The number of hydrogen-bond donors (Lipinski definition) is 2. The Morgan fingerprint density at radius 3 is 2.81 bits per heavy atom. The van der Waals surface area contributed by atoms with E-state index in [1.807, 2.05) is 0 Å². The fraction of sp³-hybridized carbons (Fsp3) is 0.923. The number of amides is 1. The van der Waals surface area contributed by atoms with Crippen LogP contribution < -0.4 is 10.6 Å². The quantitative estimate of drug-likeness (QED) is 0.753. The van der Waals surface area contributed by atoms with Crippen LogP contribution in [0.25, 0.3) is 0 Å². The lowest BCUT2D eigenvalue weighted by Gasteiger charge is -2.28. The van der Waals surface area contributed by atoms with Crippen molar-refractivity contribution in [1.82, 2.24) is 10.6 Å². The van der Waals surface area contributed by atoms with Gasteiger partial charge in [-0.3, -0.25) is 4.79 Å². The first-order valence-corrected chi connectivity index (χ1v) is 6.60. The molecular formula is C13H26N2O. The van der Waals surface area contributed by atoms with Gasteiger partial charge in [0.15, 0.2) is 0 Å². The van der Waals surface area contributed by atoms with E-state index < -0.39 is 0 Å². The van der Waals surface area contributed by atoms with Crippen molar-refractivity contribution in [3.05, 3.63) is 0 Å². The average Bonchev–Trinajstić information content (AvgIpc) is 2.23. The van der Waals surface area contributed by atoms with E-state index in [0.717, 1.165) is 13.0 Å². The van der Waals surface area contributed by atoms with Gasteiger partial charge >= 0.3 is 0 Å². The van der Waals surface area contributed by atoms with Crippen LogP contribution in [0.5, 0.6) is 0 Å². The second kappa shape index (κ2) is 6.89. The smallest absolute Gasteiger partial charge is 0.220 e. The molecule has 94 valence electrons. The molecule has 1 amide bonds. The van der Waals surface area contributed by atoms with Crippen molar-refractivity contribution in [2.45, 2.75) is 65.0 Å². The van der Waals surface area contributed by atoms with Crippen LogP contribution >= 0.6 is 0 Å². The topological polar surface area (TPSA) is 41.1 Å². The summed E-state index contributed by atoms with van der Waals surface area (Å²) >= 11 is 0. The van der Waals surface area contributed by atoms with Gasteiger partial charge in [0.1, 0.15) is 0 Å². The first-order chi connectivity index (χ1) is 7.58. The largest absolute Gasteiger partial charge is 0.355 e. The molecule has 0 aromatic rings. The number of rotatable bonds is 5. The first-order valence-electron chi connectivity index (χ1n) is 6.60. The van der Waals surface area contributed by atoms with E-state index in [2.05, 4.69) is 31.4 Å². The van der Waals surface area contributed by atoms with E-state index in [9.17, 15) is 4.79 Å². The Labute approximate surface area is 99.4 Å². The minimum absolute atomic E-state index is 0.203. The Bertz CT molecular complexity index is 216. The Balaban J connectivity index is 2.11. The highest BCUT2D eigenvalue weighted by atomic mass is 16.1. The van der Waals surface area contributed by atoms with E-state index >= 15 is 0 Å². The van der Waals surface area contributed by atoms with Crippen molar-refractivity contribution in [2.75, 3.05) is 6.54 Å². The molecule has 2 atom stereocenters. The Kier molecular flexibility index (Phi) is 5.81. The maximum atomic E-state index is 11.5. The van der Waals surface area contributed by atoms with E-state index in [-0.39, 0.29) is 5.91 Å². The predicted molar refractivity (Wildman–Crippen MR) is 67.3 cm³/mol. The zero-order valence-electron chi connectivity index (χ0n) is 10.9. The number of nitrogens with one attached hydrogen (secondary N) is 2. The van der Waals surface area contributed by atoms with Crippen LogP contribution in [0.15, 0.2) is 0 Å². The zero-order chi connectivity index (χ0) is 12.0. The molecule has 0 aliphatic carbocycles. The molecule has 1 rings (SSSR count). The fourth-order valence-electron chi connectivity index (χ4n) is 2.15. The second-order valence-electron chi connectivity index (χ2n) is 5.43. The first kappa shape index (κ1) is 13.5. The number of carbonyl (C=O) groups is 1. The molecule has 3 heteroatoms. The van der Waals surface area contributed by atoms with Gasteiger partial charge in [0.05, 0.1) is 0 Å². The Morgan fingerprint density at radius 2 is 2.19 bits per heavy atom. The molecular weight excluding hydrogens is 200 g/mol. The minimum atomic E-state index is 0.203. The van der Waals surface area contributed by atoms with Crippen molar-refractivity contribution >= 4 is 5.91 Å². The highest BCUT2D eigenvalue weighted by Crippen LogP contribution is 2.11. The molecule has 16 heavy (non-hydrogen) atoms. The summed E-state index contributed by atoms with van der Waals surface area (Å²) in [5.41, 5.74) is 0. The van der Waals surface area contributed by atoms with Crippen LogP contribution in [0.2, 0.25) is 0 Å². The molecule has 0 aromatic carbocycles. The molecule has 0 radical (unpaired) electrons. The molecule has 1 heterocycles. The summed E-state index contributed by atoms with van der Waals surface area (Å²) in [4.78, 5) is 11.5. The van der Waals surface area contributed by atoms with E-state index in [4.69, 9.17) is 0 Å². The molecule has 0 saturated carbocycles.